The van der Waals surface area contributed by atoms with Crippen molar-refractivity contribution in [3.63, 3.8) is 0 Å². The molecular formula is C18H25N3O5S. The third-order valence-corrected chi connectivity index (χ3v) is 7.35. The number of nitrogens with zero attached hydrogens (tertiary/aromatic N) is 3. The minimum atomic E-state index is -2.67. The van der Waals surface area contributed by atoms with Gasteiger partial charge in [0.1, 0.15) is 0 Å². The molecule has 1 spiro atoms. The van der Waals surface area contributed by atoms with Gasteiger partial charge in [0, 0.05) is 56.6 Å². The minimum Gasteiger partial charge on any atom is -0.371 e. The van der Waals surface area contributed by atoms with E-state index in [9.17, 15) is 13.8 Å². The Balaban J connectivity index is 1.72. The van der Waals surface area contributed by atoms with E-state index in [4.69, 9.17) is 9.47 Å². The summed E-state index contributed by atoms with van der Waals surface area (Å²) in [4.78, 5) is 30.0. The van der Waals surface area contributed by atoms with Crippen LogP contribution in [-0.4, -0.2) is 69.8 Å². The number of hydrogen-bond donors (Lipinski definition) is 0. The van der Waals surface area contributed by atoms with E-state index in [1.54, 1.807) is 30.2 Å². The molecule has 0 aromatic carbocycles. The Morgan fingerprint density at radius 3 is 2.74 bits per heavy atom. The van der Waals surface area contributed by atoms with E-state index < -0.39 is 27.3 Å². The van der Waals surface area contributed by atoms with Crippen LogP contribution in [0.1, 0.15) is 31.4 Å². The van der Waals surface area contributed by atoms with E-state index in [-0.39, 0.29) is 17.4 Å². The molecular weight excluding hydrogens is 370 g/mol. The van der Waals surface area contributed by atoms with E-state index in [0.717, 1.165) is 0 Å². The first-order valence-electron chi connectivity index (χ1n) is 8.95. The van der Waals surface area contributed by atoms with Crippen molar-refractivity contribution in [2.75, 3.05) is 38.3 Å². The van der Waals surface area contributed by atoms with Crippen LogP contribution in [0, 0.1) is 0 Å². The Morgan fingerprint density at radius 1 is 1.41 bits per heavy atom. The lowest BCUT2D eigenvalue weighted by molar-refractivity contribution is -0.150. The number of aromatic nitrogens is 1. The van der Waals surface area contributed by atoms with Gasteiger partial charge in [-0.25, -0.2) is 4.21 Å². The molecule has 0 aliphatic carbocycles. The molecule has 0 radical (unpaired) electrons. The molecule has 8 nitrogen and oxygen atoms in total. The molecule has 0 bridgehead atoms. The Labute approximate surface area is 159 Å². The smallest absolute Gasteiger partial charge is 0.287 e. The van der Waals surface area contributed by atoms with Gasteiger partial charge in [0.25, 0.3) is 5.91 Å². The first kappa shape index (κ1) is 19.9. The summed E-state index contributed by atoms with van der Waals surface area (Å²) in [5, 5.41) is 0. The van der Waals surface area contributed by atoms with Crippen molar-refractivity contribution in [2.24, 2.45) is 4.36 Å². The third kappa shape index (κ3) is 4.53. The van der Waals surface area contributed by atoms with E-state index in [2.05, 4.69) is 9.35 Å². The Bertz CT molecular complexity index is 806. The lowest BCUT2D eigenvalue weighted by Crippen LogP contribution is -2.56. The molecule has 2 aliphatic heterocycles. The highest BCUT2D eigenvalue weighted by atomic mass is 32.2. The number of morpholine rings is 1. The zero-order valence-electron chi connectivity index (χ0n) is 15.6. The van der Waals surface area contributed by atoms with Gasteiger partial charge in [-0.15, -0.1) is 0 Å². The van der Waals surface area contributed by atoms with Crippen molar-refractivity contribution < 1.29 is 23.3 Å². The standard InChI is InChI=1S/C18H25N3O5S/c1-14(22)21-8-9-26-18(13-21)5-10-27(24,11-6-18)20-17(23)16(25-2)15-4-3-7-19-12-15/h3-4,7,12,16H,5-6,8-11,13H2,1-2H3. The Kier molecular flexibility index (Phi) is 5.92. The highest BCUT2D eigenvalue weighted by Crippen LogP contribution is 2.32. The SMILES string of the molecule is COC(C(=O)N=S1(=O)CCC2(CC1)CN(C(C)=O)CCO2)c1cccnc1. The van der Waals surface area contributed by atoms with Gasteiger partial charge in [-0.2, -0.15) is 4.36 Å². The summed E-state index contributed by atoms with van der Waals surface area (Å²) in [7, 11) is -1.26. The first-order valence-corrected chi connectivity index (χ1v) is 10.8. The highest BCUT2D eigenvalue weighted by molar-refractivity contribution is 7.93. The van der Waals surface area contributed by atoms with Crippen LogP contribution in [0.4, 0.5) is 0 Å². The lowest BCUT2D eigenvalue weighted by atomic mass is 9.94. The molecule has 3 rings (SSSR count). The van der Waals surface area contributed by atoms with E-state index in [1.165, 1.54) is 13.3 Å². The number of methoxy groups -OCH3 is 1. The number of pyridine rings is 1. The molecule has 3 heterocycles. The summed E-state index contributed by atoms with van der Waals surface area (Å²) in [6.07, 6.45) is 3.25. The van der Waals surface area contributed by atoms with Crippen LogP contribution in [0.5, 0.6) is 0 Å². The maximum absolute atomic E-state index is 13.1. The average Bonchev–Trinajstić information content (AvgIpc) is 2.66. The number of amides is 2. The largest absolute Gasteiger partial charge is 0.371 e. The van der Waals surface area contributed by atoms with Gasteiger partial charge >= 0.3 is 0 Å². The van der Waals surface area contributed by atoms with Crippen LogP contribution >= 0.6 is 0 Å². The summed E-state index contributed by atoms with van der Waals surface area (Å²) in [6, 6.07) is 3.43. The summed E-state index contributed by atoms with van der Waals surface area (Å²) >= 11 is 0. The molecule has 2 aliphatic rings. The molecule has 2 fully saturated rings. The number of carbonyl (C=O) groups excluding carboxylic acids is 2. The van der Waals surface area contributed by atoms with Crippen molar-refractivity contribution >= 4 is 21.5 Å². The van der Waals surface area contributed by atoms with Gasteiger partial charge in [-0.1, -0.05) is 6.07 Å². The van der Waals surface area contributed by atoms with Gasteiger partial charge in [-0.05, 0) is 18.9 Å². The molecule has 1 aromatic rings. The quantitative estimate of drug-likeness (QED) is 0.762. The summed E-state index contributed by atoms with van der Waals surface area (Å²) < 4.78 is 28.4. The number of hydrogen-bond acceptors (Lipinski definition) is 6. The van der Waals surface area contributed by atoms with Gasteiger partial charge in [0.15, 0.2) is 6.10 Å². The Morgan fingerprint density at radius 2 is 2.15 bits per heavy atom. The van der Waals surface area contributed by atoms with Crippen LogP contribution in [-0.2, 0) is 28.8 Å². The van der Waals surface area contributed by atoms with Gasteiger partial charge in [0.2, 0.25) is 5.91 Å². The summed E-state index contributed by atoms with van der Waals surface area (Å²) in [5.74, 6) is 0.00619. The van der Waals surface area contributed by atoms with Crippen molar-refractivity contribution in [3.05, 3.63) is 30.1 Å². The fourth-order valence-electron chi connectivity index (χ4n) is 3.55. The Hall–Kier alpha value is -1.84. The van der Waals surface area contributed by atoms with Gasteiger partial charge in [-0.3, -0.25) is 14.6 Å². The zero-order valence-corrected chi connectivity index (χ0v) is 16.4. The van der Waals surface area contributed by atoms with E-state index in [0.29, 0.717) is 38.1 Å². The predicted molar refractivity (Wildman–Crippen MR) is 99.5 cm³/mol. The maximum Gasteiger partial charge on any atom is 0.287 e. The summed E-state index contributed by atoms with van der Waals surface area (Å²) in [6.45, 7) is 3.10. The van der Waals surface area contributed by atoms with E-state index in [1.807, 2.05) is 0 Å². The first-order chi connectivity index (χ1) is 12.9. The predicted octanol–water partition coefficient (Wildman–Crippen LogP) is 1.17. The van der Waals surface area contributed by atoms with Crippen molar-refractivity contribution in [1.82, 2.24) is 9.88 Å². The van der Waals surface area contributed by atoms with E-state index >= 15 is 0 Å². The molecule has 2 amide bonds. The fraction of sp³-hybridized carbons (Fsp3) is 0.611. The molecule has 1 aromatic heterocycles. The van der Waals surface area contributed by atoms with Crippen molar-refractivity contribution in [2.45, 2.75) is 31.5 Å². The molecule has 1 atom stereocenters. The van der Waals surface area contributed by atoms with Crippen molar-refractivity contribution in [3.8, 4) is 0 Å². The zero-order chi connectivity index (χ0) is 19.5. The number of ether oxygens (including phenoxy) is 2. The molecule has 1 unspecified atom stereocenters. The second-order valence-corrected chi connectivity index (χ2v) is 9.53. The third-order valence-electron chi connectivity index (χ3n) is 5.15. The topological polar surface area (TPSA) is 98.2 Å². The van der Waals surface area contributed by atoms with Crippen LogP contribution < -0.4 is 0 Å². The molecule has 148 valence electrons. The second kappa shape index (κ2) is 8.04. The molecule has 27 heavy (non-hydrogen) atoms. The van der Waals surface area contributed by atoms with Crippen LogP contribution in [0.2, 0.25) is 0 Å². The van der Waals surface area contributed by atoms with Crippen LogP contribution in [0.15, 0.2) is 28.9 Å². The molecule has 2 saturated heterocycles. The number of rotatable bonds is 3. The van der Waals surface area contributed by atoms with Crippen molar-refractivity contribution in [1.29, 1.82) is 0 Å². The maximum atomic E-state index is 13.1. The van der Waals surface area contributed by atoms with Gasteiger partial charge < -0.3 is 14.4 Å². The molecule has 0 saturated carbocycles. The van der Waals surface area contributed by atoms with Crippen LogP contribution in [0.3, 0.4) is 0 Å². The number of carbonyl (C=O) groups is 2. The normalized spacial score (nSPS) is 29.3. The minimum absolute atomic E-state index is 0.0169. The second-order valence-electron chi connectivity index (χ2n) is 6.98. The molecule has 9 heteroatoms. The monoisotopic (exact) mass is 395 g/mol. The lowest BCUT2D eigenvalue weighted by Gasteiger charge is -2.45. The molecule has 0 N–H and O–H groups in total. The highest BCUT2D eigenvalue weighted by Gasteiger charge is 2.42. The summed E-state index contributed by atoms with van der Waals surface area (Å²) in [5.41, 5.74) is 0.102. The fourth-order valence-corrected chi connectivity index (χ4v) is 5.74. The van der Waals surface area contributed by atoms with Gasteiger partial charge in [0.05, 0.1) is 21.9 Å². The van der Waals surface area contributed by atoms with Crippen LogP contribution in [0.25, 0.3) is 0 Å². The average molecular weight is 395 g/mol.